The summed E-state index contributed by atoms with van der Waals surface area (Å²) in [5.41, 5.74) is 0. The minimum atomic E-state index is -8.41. The van der Waals surface area contributed by atoms with Crippen molar-refractivity contribution in [2.45, 2.75) is 103 Å². The van der Waals surface area contributed by atoms with Crippen LogP contribution in [-0.4, -0.2) is 140 Å². The zero-order valence-electron chi connectivity index (χ0n) is 28.6. The molecule has 0 saturated heterocycles. The molecule has 0 bridgehead atoms. The van der Waals surface area contributed by atoms with Gasteiger partial charge in [-0.25, -0.2) is 13.2 Å². The average molecular weight is 987 g/mol. The molecule has 0 heterocycles. The van der Waals surface area contributed by atoms with Crippen LogP contribution < -0.4 is 34.9 Å². The van der Waals surface area contributed by atoms with Gasteiger partial charge in [0.2, 0.25) is 0 Å². The first-order valence-electron chi connectivity index (χ1n) is 14.1. The van der Waals surface area contributed by atoms with Crippen LogP contribution in [0, 0.1) is 0 Å². The number of aliphatic hydroxyl groups excluding tert-OH is 1. The Bertz CT molecular complexity index is 1470. The van der Waals surface area contributed by atoms with Crippen molar-refractivity contribution in [3.05, 3.63) is 0 Å². The molecule has 0 aliphatic carbocycles. The number of nitrogens with one attached hydrogen (secondary N) is 1. The molecule has 0 aromatic heterocycles. The number of carbonyl (C=O) groups excluding carboxylic acids is 1. The van der Waals surface area contributed by atoms with E-state index in [-0.39, 0.29) is 36.5 Å². The van der Waals surface area contributed by atoms with Gasteiger partial charge in [-0.05, 0) is 6.92 Å². The van der Waals surface area contributed by atoms with Crippen LogP contribution in [0.2, 0.25) is 0 Å². The predicted octanol–water partition coefficient (Wildman–Crippen LogP) is 4.63. The van der Waals surface area contributed by atoms with Crippen molar-refractivity contribution in [3.63, 3.8) is 0 Å². The van der Waals surface area contributed by atoms with Gasteiger partial charge < -0.3 is 29.2 Å². The Morgan fingerprint density at radius 2 is 0.850 bits per heavy atom. The number of aliphatic hydroxyl groups is 1. The maximum absolute atomic E-state index is 14.2. The van der Waals surface area contributed by atoms with Gasteiger partial charge in [-0.1, -0.05) is 0 Å². The molecule has 1 atom stereocenters. The van der Waals surface area contributed by atoms with E-state index in [9.17, 15) is 137 Å². The maximum atomic E-state index is 14.2. The van der Waals surface area contributed by atoms with Gasteiger partial charge in [0, 0.05) is 19.4 Å². The van der Waals surface area contributed by atoms with Crippen molar-refractivity contribution in [1.29, 1.82) is 0 Å². The molecule has 60 heavy (non-hydrogen) atoms. The van der Waals surface area contributed by atoms with E-state index in [1.807, 2.05) is 0 Å². The molecule has 0 aromatic rings. The van der Waals surface area contributed by atoms with Crippen LogP contribution in [-0.2, 0) is 24.3 Å². The number of halogens is 26. The zero-order valence-corrected chi connectivity index (χ0v) is 31.4. The summed E-state index contributed by atoms with van der Waals surface area (Å²) in [4.78, 5) is 11.8. The van der Waals surface area contributed by atoms with Crippen LogP contribution in [0.3, 0.4) is 0 Å². The van der Waals surface area contributed by atoms with Crippen molar-refractivity contribution < 1.29 is 181 Å². The normalized spacial score (nSPS) is 16.0. The largest absolute Gasteiger partial charge is 1.00 e. The summed E-state index contributed by atoms with van der Waals surface area (Å²) in [6, 6.07) is 0. The minimum absolute atomic E-state index is 0. The van der Waals surface area contributed by atoms with Crippen LogP contribution in [0.1, 0.15) is 19.8 Å². The predicted molar refractivity (Wildman–Crippen MR) is 131 cm³/mol. The van der Waals surface area contributed by atoms with Crippen molar-refractivity contribution in [2.24, 2.45) is 0 Å². The fraction of sp³-hybridized carbons (Fsp3) is 0.957. The van der Waals surface area contributed by atoms with Gasteiger partial charge in [-0.15, -0.1) is 0 Å². The third-order valence-electron chi connectivity index (χ3n) is 6.99. The Morgan fingerprint density at radius 1 is 0.567 bits per heavy atom. The third-order valence-corrected chi connectivity index (χ3v) is 7.78. The minimum Gasteiger partial charge on any atom is -0.748 e. The van der Waals surface area contributed by atoms with Crippen molar-refractivity contribution in [1.82, 2.24) is 5.32 Å². The number of alkyl carbamates (subject to hydrolysis) is 1. The number of alkyl halides is 26. The Hall–Kier alpha value is -1.76. The van der Waals surface area contributed by atoms with Crippen molar-refractivity contribution >= 4 is 16.2 Å². The van der Waals surface area contributed by atoms with E-state index >= 15 is 0 Å². The van der Waals surface area contributed by atoms with Crippen LogP contribution in [0.25, 0.3) is 0 Å². The van der Waals surface area contributed by atoms with Gasteiger partial charge in [-0.2, -0.15) is 114 Å². The van der Waals surface area contributed by atoms with Gasteiger partial charge in [0.05, 0.1) is 35.2 Å². The molecule has 354 valence electrons. The maximum Gasteiger partial charge on any atom is 1.00 e. The summed E-state index contributed by atoms with van der Waals surface area (Å²) in [5, 5.41) is 10.6. The van der Waals surface area contributed by atoms with Gasteiger partial charge in [0.1, 0.15) is 6.61 Å². The van der Waals surface area contributed by atoms with E-state index in [1.165, 1.54) is 5.32 Å². The van der Waals surface area contributed by atoms with E-state index in [0.29, 0.717) is 0 Å². The molecule has 0 radical (unpaired) electrons. The molecular formula is C23H20F26NNaO8S. The van der Waals surface area contributed by atoms with E-state index < -0.39 is 145 Å². The van der Waals surface area contributed by atoms with Crippen molar-refractivity contribution in [2.75, 3.05) is 32.1 Å². The zero-order chi connectivity index (χ0) is 47.9. The first kappa shape index (κ1) is 60.3. The molecule has 0 aliphatic heterocycles. The summed E-state index contributed by atoms with van der Waals surface area (Å²) < 4.78 is 391. The smallest absolute Gasteiger partial charge is 0.748 e. The molecule has 1 unspecified atom stereocenters. The average Bonchev–Trinajstić information content (AvgIpc) is 3.00. The Morgan fingerprint density at radius 3 is 1.12 bits per heavy atom. The quantitative estimate of drug-likeness (QED) is 0.0696. The van der Waals surface area contributed by atoms with Gasteiger partial charge in [-0.3, -0.25) is 0 Å². The molecule has 0 saturated carbocycles. The van der Waals surface area contributed by atoms with Crippen LogP contribution >= 0.6 is 0 Å². The molecule has 0 rings (SSSR count). The first-order chi connectivity index (χ1) is 25.4. The van der Waals surface area contributed by atoms with Crippen LogP contribution in [0.4, 0.5) is 119 Å². The number of amides is 1. The van der Waals surface area contributed by atoms with Crippen LogP contribution in [0.15, 0.2) is 0 Å². The molecule has 2 N–H and O–H groups in total. The molecule has 1 amide bonds. The molecule has 0 aromatic carbocycles. The number of hydrogen-bond donors (Lipinski definition) is 2. The molecule has 0 spiro atoms. The summed E-state index contributed by atoms with van der Waals surface area (Å²) in [6.45, 7) is -8.74. The number of hydrogen-bond acceptors (Lipinski definition) is 8. The molecular weight excluding hydrogens is 967 g/mol. The van der Waals surface area contributed by atoms with E-state index in [4.69, 9.17) is 0 Å². The topological polar surface area (TPSA) is 134 Å². The molecule has 9 nitrogen and oxygen atoms in total. The Labute approximate surface area is 337 Å². The van der Waals surface area contributed by atoms with E-state index in [1.54, 1.807) is 0 Å². The van der Waals surface area contributed by atoms with Gasteiger partial charge >= 0.3 is 107 Å². The monoisotopic (exact) mass is 987 g/mol. The van der Waals surface area contributed by atoms with Crippen LogP contribution in [0.5, 0.6) is 0 Å². The number of rotatable bonds is 22. The summed E-state index contributed by atoms with van der Waals surface area (Å²) in [7, 11) is -5.25. The fourth-order valence-corrected chi connectivity index (χ4v) is 4.17. The number of carbonyl (C=O) groups is 1. The second-order valence-electron chi connectivity index (χ2n) is 11.7. The third kappa shape index (κ3) is 11.9. The summed E-state index contributed by atoms with van der Waals surface area (Å²) in [5.74, 6) is -85.2. The molecule has 0 fully saturated rings. The Kier molecular flexibility index (Phi) is 18.5. The second kappa shape index (κ2) is 18.4. The standard InChI is InChI=1S/C23H21F26NO8S.Na/c1-11(8-56-10(52)50-6-9(51)7-59(53,54)55,57-4-2-12(24,25)14(28,29)16(32,33)18(36,37)20(40,41)22(44,45)46)58-5-3-13(26,27)15(30,31)17(34,35)19(38,39)21(42,43)23(47,48)49;/h9,51H,2-8H2,1H3,(H,50,52)(H,53,54,55);/q;+1/p-1. The first-order valence-corrected chi connectivity index (χ1v) is 15.7. The fourth-order valence-electron chi connectivity index (χ4n) is 3.58. The summed E-state index contributed by atoms with van der Waals surface area (Å²) >= 11 is 0. The van der Waals surface area contributed by atoms with Crippen molar-refractivity contribution in [3.8, 4) is 0 Å². The van der Waals surface area contributed by atoms with E-state index in [2.05, 4.69) is 14.2 Å². The Balaban J connectivity index is 0. The summed E-state index contributed by atoms with van der Waals surface area (Å²) in [6.07, 6.45) is -26.7. The van der Waals surface area contributed by atoms with Gasteiger partial charge in [0.25, 0.3) is 0 Å². The van der Waals surface area contributed by atoms with Gasteiger partial charge in [0.15, 0.2) is 5.79 Å². The SMILES string of the molecule is CC(COC(=O)NCC(O)CS(=O)(=O)[O-])(OCCC(F)(F)C(F)(F)C(F)(F)C(F)(F)C(F)(F)C(F)(F)F)OCCC(F)(F)C(F)(F)C(F)(F)C(F)(F)C(F)(F)C(F)(F)F.[Na+]. The van der Waals surface area contributed by atoms with E-state index in [0.717, 1.165) is 0 Å². The second-order valence-corrected chi connectivity index (χ2v) is 13.1. The molecule has 0 aliphatic rings. The molecule has 37 heteroatoms. The number of ether oxygens (including phenoxy) is 3.